The zero-order chi connectivity index (χ0) is 27.7. The highest BCUT2D eigenvalue weighted by Crippen LogP contribution is 2.22. The van der Waals surface area contributed by atoms with Crippen molar-refractivity contribution in [3.8, 4) is 0 Å². The van der Waals surface area contributed by atoms with Gasteiger partial charge in [0.1, 0.15) is 0 Å². The summed E-state index contributed by atoms with van der Waals surface area (Å²) in [5.74, 6) is -0.0236. The normalized spacial score (nSPS) is 18.0. The lowest BCUT2D eigenvalue weighted by Crippen LogP contribution is -2.51. The lowest BCUT2D eigenvalue weighted by molar-refractivity contribution is -0.124. The molecule has 2 aromatic carbocycles. The fraction of sp³-hybridized carbons (Fsp3) is 0.500. The molecular formula is C32H42ClN5O2. The third-order valence-corrected chi connectivity index (χ3v) is 8.83. The molecule has 3 heterocycles. The number of hydrogen-bond acceptors (Lipinski definition) is 4. The summed E-state index contributed by atoms with van der Waals surface area (Å²) in [5.41, 5.74) is 3.17. The molecule has 2 fully saturated rings. The average Bonchev–Trinajstić information content (AvgIpc) is 3.39. The van der Waals surface area contributed by atoms with Crippen LogP contribution in [-0.4, -0.2) is 78.0 Å². The van der Waals surface area contributed by atoms with Gasteiger partial charge in [0.05, 0.1) is 12.6 Å². The van der Waals surface area contributed by atoms with Gasteiger partial charge >= 0.3 is 0 Å². The first-order valence-electron chi connectivity index (χ1n) is 14.9. The minimum Gasteiger partial charge on any atom is -0.361 e. The van der Waals surface area contributed by atoms with Gasteiger partial charge in [0.15, 0.2) is 0 Å². The highest BCUT2D eigenvalue weighted by atomic mass is 35.5. The summed E-state index contributed by atoms with van der Waals surface area (Å²) in [5, 5.41) is 8.12. The van der Waals surface area contributed by atoms with Gasteiger partial charge in [-0.1, -0.05) is 54.4 Å². The number of benzene rings is 2. The van der Waals surface area contributed by atoms with Gasteiger partial charge in [0.25, 0.3) is 0 Å². The lowest BCUT2D eigenvalue weighted by Gasteiger charge is -2.40. The first kappa shape index (κ1) is 28.7. The number of halogens is 1. The van der Waals surface area contributed by atoms with Crippen molar-refractivity contribution in [3.05, 3.63) is 70.9 Å². The van der Waals surface area contributed by atoms with E-state index in [0.29, 0.717) is 43.4 Å². The predicted octanol–water partition coefficient (Wildman–Crippen LogP) is 4.55. The van der Waals surface area contributed by atoms with E-state index < -0.39 is 0 Å². The fourth-order valence-electron chi connectivity index (χ4n) is 6.22. The van der Waals surface area contributed by atoms with Gasteiger partial charge in [-0.3, -0.25) is 14.5 Å². The number of nitrogens with zero attached hydrogens (tertiary/aromatic N) is 2. The Labute approximate surface area is 242 Å². The summed E-state index contributed by atoms with van der Waals surface area (Å²) in [7, 11) is 0. The molecule has 5 rings (SSSR count). The van der Waals surface area contributed by atoms with E-state index in [2.05, 4.69) is 37.6 Å². The van der Waals surface area contributed by atoms with Crippen LogP contribution in [0.5, 0.6) is 0 Å². The SMILES string of the molecule is O=C(CCc1ccccc1Cl)NC[C@@H](Cc1c[nH]c2ccccc12)NC(=O)CN1CCC(N2CCCCC2)CC1. The molecule has 0 radical (unpaired) electrons. The highest BCUT2D eigenvalue weighted by molar-refractivity contribution is 6.31. The summed E-state index contributed by atoms with van der Waals surface area (Å²) in [6, 6.07) is 16.3. The van der Waals surface area contributed by atoms with Gasteiger partial charge in [0, 0.05) is 54.2 Å². The first-order valence-corrected chi connectivity index (χ1v) is 15.2. The standard InChI is InChI=1S/C32H42ClN5O2/c33-29-10-4-2-8-24(29)12-13-31(39)35-22-26(20-25-21-34-30-11-5-3-9-28(25)30)36-32(40)23-37-18-14-27(15-19-37)38-16-6-1-7-17-38/h2-5,8-11,21,26-27,34H,1,6-7,12-20,22-23H2,(H,35,39)(H,36,40)/t26-/m1/s1. The van der Waals surface area contributed by atoms with E-state index in [1.54, 1.807) is 0 Å². The van der Waals surface area contributed by atoms with Crippen LogP contribution in [0.25, 0.3) is 10.9 Å². The molecule has 7 nitrogen and oxygen atoms in total. The largest absolute Gasteiger partial charge is 0.361 e. The number of aryl methyl sites for hydroxylation is 1. The van der Waals surface area contributed by atoms with E-state index in [-0.39, 0.29) is 17.9 Å². The van der Waals surface area contributed by atoms with Crippen molar-refractivity contribution in [1.82, 2.24) is 25.4 Å². The smallest absolute Gasteiger partial charge is 0.234 e. The van der Waals surface area contributed by atoms with Gasteiger partial charge in [-0.15, -0.1) is 0 Å². The van der Waals surface area contributed by atoms with E-state index in [0.717, 1.165) is 48.0 Å². The summed E-state index contributed by atoms with van der Waals surface area (Å²) >= 11 is 6.26. The van der Waals surface area contributed by atoms with Crippen molar-refractivity contribution < 1.29 is 9.59 Å². The summed E-state index contributed by atoms with van der Waals surface area (Å²) in [6.45, 7) is 5.15. The molecule has 0 bridgehead atoms. The fourth-order valence-corrected chi connectivity index (χ4v) is 6.45. The second-order valence-corrected chi connectivity index (χ2v) is 11.7. The maximum atomic E-state index is 13.2. The van der Waals surface area contributed by atoms with Crippen molar-refractivity contribution in [2.75, 3.05) is 39.3 Å². The predicted molar refractivity (Wildman–Crippen MR) is 162 cm³/mol. The van der Waals surface area contributed by atoms with Crippen molar-refractivity contribution in [1.29, 1.82) is 0 Å². The first-order chi connectivity index (χ1) is 19.5. The minimum atomic E-state index is -0.207. The summed E-state index contributed by atoms with van der Waals surface area (Å²) < 4.78 is 0. The van der Waals surface area contributed by atoms with E-state index >= 15 is 0 Å². The minimum absolute atomic E-state index is 0.0200. The number of hydrogen-bond donors (Lipinski definition) is 3. The quantitative estimate of drug-likeness (QED) is 0.320. The van der Waals surface area contributed by atoms with Gasteiger partial charge in [-0.25, -0.2) is 0 Å². The molecule has 2 saturated heterocycles. The molecule has 2 aliphatic rings. The van der Waals surface area contributed by atoms with Crippen LogP contribution in [0.4, 0.5) is 0 Å². The average molecular weight is 564 g/mol. The monoisotopic (exact) mass is 563 g/mol. The van der Waals surface area contributed by atoms with Gasteiger partial charge in [-0.05, 0) is 74.9 Å². The molecule has 8 heteroatoms. The molecule has 0 aliphatic carbocycles. The van der Waals surface area contributed by atoms with Crippen molar-refractivity contribution in [2.24, 2.45) is 0 Å². The lowest BCUT2D eigenvalue weighted by atomic mass is 10.00. The molecule has 0 spiro atoms. The zero-order valence-corrected chi connectivity index (χ0v) is 24.1. The molecule has 40 heavy (non-hydrogen) atoms. The van der Waals surface area contributed by atoms with Crippen molar-refractivity contribution in [3.63, 3.8) is 0 Å². The van der Waals surface area contributed by atoms with E-state index in [1.807, 2.05) is 42.6 Å². The Morgan fingerprint density at radius 2 is 1.68 bits per heavy atom. The molecule has 1 aromatic heterocycles. The van der Waals surface area contributed by atoms with Crippen molar-refractivity contribution in [2.45, 2.75) is 63.5 Å². The molecule has 1 atom stereocenters. The van der Waals surface area contributed by atoms with Crippen LogP contribution in [0.3, 0.4) is 0 Å². The number of aromatic nitrogens is 1. The van der Waals surface area contributed by atoms with Crippen LogP contribution in [0.2, 0.25) is 5.02 Å². The third kappa shape index (κ3) is 7.87. The Balaban J connectivity index is 1.15. The Bertz CT molecular complexity index is 1260. The van der Waals surface area contributed by atoms with Crippen molar-refractivity contribution >= 4 is 34.3 Å². The molecule has 3 aromatic rings. The summed E-state index contributed by atoms with van der Waals surface area (Å²) in [6.07, 6.45) is 9.83. The number of nitrogens with one attached hydrogen (secondary N) is 3. The topological polar surface area (TPSA) is 80.5 Å². The summed E-state index contributed by atoms with van der Waals surface area (Å²) in [4.78, 5) is 34.2. The number of rotatable bonds is 11. The Kier molecular flexibility index (Phi) is 10.1. The maximum absolute atomic E-state index is 13.2. The number of aromatic amines is 1. The number of para-hydroxylation sites is 1. The van der Waals surface area contributed by atoms with Crippen LogP contribution >= 0.6 is 11.6 Å². The van der Waals surface area contributed by atoms with Gasteiger partial charge in [0.2, 0.25) is 11.8 Å². The molecule has 0 saturated carbocycles. The third-order valence-electron chi connectivity index (χ3n) is 8.46. The maximum Gasteiger partial charge on any atom is 0.234 e. The number of fused-ring (bicyclic) bond motifs is 1. The van der Waals surface area contributed by atoms with Gasteiger partial charge in [-0.2, -0.15) is 0 Å². The molecule has 2 amide bonds. The molecular weight excluding hydrogens is 522 g/mol. The number of likely N-dealkylation sites (tertiary alicyclic amines) is 2. The van der Waals surface area contributed by atoms with Crippen LogP contribution in [0, 0.1) is 0 Å². The molecule has 0 unspecified atom stereocenters. The van der Waals surface area contributed by atoms with Gasteiger partial charge < -0.3 is 20.5 Å². The number of H-pyrrole nitrogens is 1. The Hall–Kier alpha value is -2.87. The van der Waals surface area contributed by atoms with E-state index in [9.17, 15) is 9.59 Å². The highest BCUT2D eigenvalue weighted by Gasteiger charge is 2.27. The Morgan fingerprint density at radius 1 is 0.925 bits per heavy atom. The zero-order valence-electron chi connectivity index (χ0n) is 23.3. The second-order valence-electron chi connectivity index (χ2n) is 11.3. The van der Waals surface area contributed by atoms with Crippen LogP contribution in [0.15, 0.2) is 54.7 Å². The van der Waals surface area contributed by atoms with Crippen LogP contribution < -0.4 is 10.6 Å². The molecule has 3 N–H and O–H groups in total. The van der Waals surface area contributed by atoms with E-state index in [4.69, 9.17) is 11.6 Å². The molecule has 2 aliphatic heterocycles. The number of carbonyl (C=O) groups is 2. The number of piperidine rings is 2. The number of carbonyl (C=O) groups excluding carboxylic acids is 2. The van der Waals surface area contributed by atoms with E-state index in [1.165, 1.54) is 32.4 Å². The number of amides is 2. The molecule has 214 valence electrons. The Morgan fingerprint density at radius 3 is 2.48 bits per heavy atom. The van der Waals surface area contributed by atoms with Crippen LogP contribution in [-0.2, 0) is 22.4 Å². The second kappa shape index (κ2) is 14.2. The van der Waals surface area contributed by atoms with Crippen LogP contribution in [0.1, 0.15) is 49.7 Å².